The number of carbonyl (C=O) groups is 2. The van der Waals surface area contributed by atoms with Crippen LogP contribution in [0.25, 0.3) is 0 Å². The van der Waals surface area contributed by atoms with E-state index in [2.05, 4.69) is 23.2 Å². The van der Waals surface area contributed by atoms with Crippen molar-refractivity contribution in [1.29, 1.82) is 0 Å². The number of carbonyl (C=O) groups excluding carboxylic acids is 2. The summed E-state index contributed by atoms with van der Waals surface area (Å²) >= 11 is 0. The third-order valence-corrected chi connectivity index (χ3v) is 6.84. The standard InChI is InChI=1S/C24H34N2O3/c1-2-3-11-23(27)25-20-10-6-9-18(14-20)22-15-19-16-26(13-12-21(19)29-22)24(28)17-7-4-5-8-17/h6,9-10,14,17,19,21-22H,2-5,7-8,11-13,15-16H2,1H3,(H,25,27)/t19-,21-,22+/m0/s1. The average Bonchev–Trinajstić information content (AvgIpc) is 3.41. The van der Waals surface area contributed by atoms with Gasteiger partial charge in [0.05, 0.1) is 12.2 Å². The minimum atomic E-state index is 0.0547. The molecule has 2 amide bonds. The maximum absolute atomic E-state index is 12.8. The Morgan fingerprint density at radius 3 is 2.83 bits per heavy atom. The van der Waals surface area contributed by atoms with Gasteiger partial charge in [0.1, 0.15) is 0 Å². The first-order valence-electron chi connectivity index (χ1n) is 11.5. The van der Waals surface area contributed by atoms with E-state index in [1.54, 1.807) is 0 Å². The second-order valence-corrected chi connectivity index (χ2v) is 8.99. The van der Waals surface area contributed by atoms with Gasteiger partial charge < -0.3 is 15.0 Å². The van der Waals surface area contributed by atoms with Crippen molar-refractivity contribution in [3.05, 3.63) is 29.8 Å². The smallest absolute Gasteiger partial charge is 0.225 e. The first-order valence-corrected chi connectivity index (χ1v) is 11.5. The van der Waals surface area contributed by atoms with Gasteiger partial charge in [-0.05, 0) is 49.8 Å². The number of benzene rings is 1. The molecule has 2 heterocycles. The van der Waals surface area contributed by atoms with Crippen LogP contribution < -0.4 is 5.32 Å². The zero-order valence-electron chi connectivity index (χ0n) is 17.6. The summed E-state index contributed by atoms with van der Waals surface area (Å²) in [6.45, 7) is 3.76. The number of nitrogens with one attached hydrogen (secondary N) is 1. The molecule has 1 aromatic rings. The van der Waals surface area contributed by atoms with E-state index < -0.39 is 0 Å². The molecule has 5 nitrogen and oxygen atoms in total. The summed E-state index contributed by atoms with van der Waals surface area (Å²) in [7, 11) is 0. The Labute approximate surface area is 174 Å². The number of piperidine rings is 1. The second-order valence-electron chi connectivity index (χ2n) is 8.99. The lowest BCUT2D eigenvalue weighted by Crippen LogP contribution is -2.46. The molecule has 1 aromatic carbocycles. The van der Waals surface area contributed by atoms with E-state index in [0.29, 0.717) is 18.2 Å². The summed E-state index contributed by atoms with van der Waals surface area (Å²) in [5.74, 6) is 1.13. The minimum absolute atomic E-state index is 0.0547. The van der Waals surface area contributed by atoms with Crippen LogP contribution >= 0.6 is 0 Å². The van der Waals surface area contributed by atoms with Crippen molar-refractivity contribution in [2.75, 3.05) is 18.4 Å². The van der Waals surface area contributed by atoms with Crippen LogP contribution in [0.4, 0.5) is 5.69 Å². The van der Waals surface area contributed by atoms with Gasteiger partial charge >= 0.3 is 0 Å². The van der Waals surface area contributed by atoms with Crippen LogP contribution in [0.15, 0.2) is 24.3 Å². The molecule has 2 saturated heterocycles. The number of rotatable bonds is 6. The van der Waals surface area contributed by atoms with Crippen molar-refractivity contribution in [1.82, 2.24) is 4.90 Å². The predicted octanol–water partition coefficient (Wildman–Crippen LogP) is 4.68. The molecule has 29 heavy (non-hydrogen) atoms. The third-order valence-electron chi connectivity index (χ3n) is 6.84. The highest BCUT2D eigenvalue weighted by atomic mass is 16.5. The van der Waals surface area contributed by atoms with Gasteiger partial charge in [0.2, 0.25) is 11.8 Å². The Kier molecular flexibility index (Phi) is 6.53. The molecule has 3 aliphatic rings. The lowest BCUT2D eigenvalue weighted by atomic mass is 9.90. The quantitative estimate of drug-likeness (QED) is 0.757. The molecular formula is C24H34N2O3. The van der Waals surface area contributed by atoms with E-state index in [0.717, 1.165) is 62.9 Å². The van der Waals surface area contributed by atoms with Crippen LogP contribution in [0.2, 0.25) is 0 Å². The Bertz CT molecular complexity index is 729. The molecule has 2 aliphatic heterocycles. The van der Waals surface area contributed by atoms with Gasteiger partial charge in [-0.15, -0.1) is 0 Å². The summed E-state index contributed by atoms with van der Waals surface area (Å²) in [6.07, 6.45) is 9.23. The molecule has 0 spiro atoms. The van der Waals surface area contributed by atoms with Gasteiger partial charge in [-0.1, -0.05) is 38.3 Å². The van der Waals surface area contributed by atoms with E-state index in [4.69, 9.17) is 4.74 Å². The lowest BCUT2D eigenvalue weighted by molar-refractivity contribution is -0.138. The Hall–Kier alpha value is -1.88. The molecule has 0 bridgehead atoms. The number of nitrogens with zero attached hydrogens (tertiary/aromatic N) is 1. The van der Waals surface area contributed by atoms with Crippen molar-refractivity contribution in [3.8, 4) is 0 Å². The van der Waals surface area contributed by atoms with Crippen LogP contribution in [-0.2, 0) is 14.3 Å². The Balaban J connectivity index is 1.35. The molecule has 1 saturated carbocycles. The summed E-state index contributed by atoms with van der Waals surface area (Å²) in [5, 5.41) is 3.01. The monoisotopic (exact) mass is 398 g/mol. The minimum Gasteiger partial charge on any atom is -0.370 e. The predicted molar refractivity (Wildman–Crippen MR) is 113 cm³/mol. The van der Waals surface area contributed by atoms with E-state index in [-0.39, 0.29) is 24.0 Å². The van der Waals surface area contributed by atoms with Gasteiger partial charge in [0.25, 0.3) is 0 Å². The molecule has 3 atom stereocenters. The first kappa shape index (κ1) is 20.4. The Morgan fingerprint density at radius 1 is 1.21 bits per heavy atom. The van der Waals surface area contributed by atoms with Gasteiger partial charge in [-0.2, -0.15) is 0 Å². The van der Waals surface area contributed by atoms with Crippen LogP contribution in [0.1, 0.15) is 76.4 Å². The molecule has 1 N–H and O–H groups in total. The average molecular weight is 399 g/mol. The molecule has 1 aliphatic carbocycles. The molecule has 5 heteroatoms. The fourth-order valence-corrected chi connectivity index (χ4v) is 5.18. The summed E-state index contributed by atoms with van der Waals surface area (Å²) < 4.78 is 6.38. The largest absolute Gasteiger partial charge is 0.370 e. The zero-order chi connectivity index (χ0) is 20.2. The number of ether oxygens (including phenoxy) is 1. The molecule has 0 aromatic heterocycles. The Morgan fingerprint density at radius 2 is 2.03 bits per heavy atom. The normalized spacial score (nSPS) is 27.1. The summed E-state index contributed by atoms with van der Waals surface area (Å²) in [4.78, 5) is 27.0. The van der Waals surface area contributed by atoms with Gasteiger partial charge in [-0.25, -0.2) is 0 Å². The number of unbranched alkanes of at least 4 members (excludes halogenated alkanes) is 1. The maximum atomic E-state index is 12.8. The van der Waals surface area contributed by atoms with Crippen LogP contribution in [-0.4, -0.2) is 35.9 Å². The number of hydrogen-bond acceptors (Lipinski definition) is 3. The SMILES string of the molecule is CCCCC(=O)Nc1cccc([C@H]2C[C@H]3CN(C(=O)C4CCCC4)CC[C@@H]3O2)c1. The molecule has 0 unspecified atom stereocenters. The van der Waals surface area contributed by atoms with Crippen molar-refractivity contribution in [2.24, 2.45) is 11.8 Å². The highest BCUT2D eigenvalue weighted by Gasteiger charge is 2.41. The molecular weight excluding hydrogens is 364 g/mol. The van der Waals surface area contributed by atoms with Gasteiger partial charge in [0, 0.05) is 37.0 Å². The number of hydrogen-bond donors (Lipinski definition) is 1. The molecule has 3 fully saturated rings. The van der Waals surface area contributed by atoms with Crippen molar-refractivity contribution < 1.29 is 14.3 Å². The molecule has 158 valence electrons. The number of fused-ring (bicyclic) bond motifs is 1. The second kappa shape index (κ2) is 9.29. The van der Waals surface area contributed by atoms with Crippen LogP contribution in [0, 0.1) is 11.8 Å². The number of amides is 2. The van der Waals surface area contributed by atoms with Crippen molar-refractivity contribution in [3.63, 3.8) is 0 Å². The topological polar surface area (TPSA) is 58.6 Å². The molecule has 4 rings (SSSR count). The molecule has 0 radical (unpaired) electrons. The summed E-state index contributed by atoms with van der Waals surface area (Å²) in [6, 6.07) is 8.07. The van der Waals surface area contributed by atoms with E-state index in [9.17, 15) is 9.59 Å². The third kappa shape index (κ3) is 4.82. The number of anilines is 1. The van der Waals surface area contributed by atoms with Gasteiger partial charge in [-0.3, -0.25) is 9.59 Å². The first-order chi connectivity index (χ1) is 14.1. The highest BCUT2D eigenvalue weighted by molar-refractivity contribution is 5.90. The summed E-state index contributed by atoms with van der Waals surface area (Å²) in [5.41, 5.74) is 1.97. The van der Waals surface area contributed by atoms with Crippen LogP contribution in [0.3, 0.4) is 0 Å². The van der Waals surface area contributed by atoms with Gasteiger partial charge in [0.15, 0.2) is 0 Å². The fourth-order valence-electron chi connectivity index (χ4n) is 5.18. The maximum Gasteiger partial charge on any atom is 0.225 e. The van der Waals surface area contributed by atoms with E-state index in [1.807, 2.05) is 18.2 Å². The zero-order valence-corrected chi connectivity index (χ0v) is 17.6. The highest BCUT2D eigenvalue weighted by Crippen LogP contribution is 2.42. The van der Waals surface area contributed by atoms with Crippen molar-refractivity contribution >= 4 is 17.5 Å². The van der Waals surface area contributed by atoms with Crippen LogP contribution in [0.5, 0.6) is 0 Å². The fraction of sp³-hybridized carbons (Fsp3) is 0.667. The lowest BCUT2D eigenvalue weighted by Gasteiger charge is -2.35. The number of likely N-dealkylation sites (tertiary alicyclic amines) is 1. The van der Waals surface area contributed by atoms with E-state index in [1.165, 1.54) is 12.8 Å². The van der Waals surface area contributed by atoms with Crippen molar-refractivity contribution in [2.45, 2.75) is 76.9 Å². The van der Waals surface area contributed by atoms with E-state index >= 15 is 0 Å².